The highest BCUT2D eigenvalue weighted by atomic mass is 32.2. The second kappa shape index (κ2) is 19.6. The van der Waals surface area contributed by atoms with Gasteiger partial charge in [-0.2, -0.15) is 11.8 Å². The van der Waals surface area contributed by atoms with Crippen molar-refractivity contribution < 1.29 is 42.7 Å². The Hall–Kier alpha value is -4.95. The van der Waals surface area contributed by atoms with Gasteiger partial charge in [0.15, 0.2) is 5.78 Å². The van der Waals surface area contributed by atoms with E-state index in [-0.39, 0.29) is 73.3 Å². The molecule has 2 heterocycles. The quantitative estimate of drug-likeness (QED) is 0.127. The minimum Gasteiger partial charge on any atom is -0.481 e. The summed E-state index contributed by atoms with van der Waals surface area (Å²) in [5, 5.41) is 9.91. The molecule has 2 atom stereocenters. The number of nitrogens with zero attached hydrogens (tertiary/aromatic N) is 3. The molecule has 1 aliphatic heterocycles. The number of halogens is 2. The average Bonchev–Trinajstić information content (AvgIpc) is 3.67. The number of aliphatic carboxylic acids is 1. The fourth-order valence-corrected chi connectivity index (χ4v) is 7.57. The van der Waals surface area contributed by atoms with Crippen LogP contribution in [0, 0.1) is 23.0 Å². The zero-order valence-electron chi connectivity index (χ0n) is 31.3. The molecule has 0 unspecified atom stereocenters. The SMILES string of the molecule is CC(C)(C)[C@H](c1cc(-c2cc(F)ccc2F)cn1Cc1ccccc1)N(CCCN)C(=O)CSC[C@H](CC(=O)CCCC(=O)CN1C(=O)C=CC1=O)C(=O)O. The molecule has 1 aromatic heterocycles. The van der Waals surface area contributed by atoms with Crippen LogP contribution in [0.15, 0.2) is 72.9 Å². The summed E-state index contributed by atoms with van der Waals surface area (Å²) in [5.74, 6) is -5.71. The van der Waals surface area contributed by atoms with E-state index in [1.165, 1.54) is 0 Å². The highest BCUT2D eigenvalue weighted by Gasteiger charge is 2.37. The zero-order chi connectivity index (χ0) is 40.3. The Labute approximate surface area is 323 Å². The summed E-state index contributed by atoms with van der Waals surface area (Å²) in [6.45, 7) is 6.55. The lowest BCUT2D eigenvalue weighted by atomic mass is 9.83. The number of carboxylic acids is 1. The lowest BCUT2D eigenvalue weighted by Crippen LogP contribution is -2.44. The monoisotopic (exact) mass is 778 g/mol. The maximum absolute atomic E-state index is 15.1. The van der Waals surface area contributed by atoms with Gasteiger partial charge < -0.3 is 20.3 Å². The second-order valence-corrected chi connectivity index (χ2v) is 15.7. The van der Waals surface area contributed by atoms with E-state index in [4.69, 9.17) is 5.73 Å². The summed E-state index contributed by atoms with van der Waals surface area (Å²) < 4.78 is 31.4. The van der Waals surface area contributed by atoms with E-state index in [9.17, 15) is 38.3 Å². The largest absolute Gasteiger partial charge is 0.481 e. The number of carboxylic acid groups (broad SMARTS) is 1. The number of ketones is 2. The van der Waals surface area contributed by atoms with Crippen LogP contribution in [-0.4, -0.2) is 85.9 Å². The number of amides is 3. The van der Waals surface area contributed by atoms with Crippen molar-refractivity contribution in [3.8, 4) is 11.1 Å². The maximum Gasteiger partial charge on any atom is 0.307 e. The fraction of sp³-hybridized carbons (Fsp3) is 0.415. The lowest BCUT2D eigenvalue weighted by Gasteiger charge is -2.41. The molecule has 2 aromatic carbocycles. The number of rotatable bonds is 21. The van der Waals surface area contributed by atoms with Crippen LogP contribution in [-0.2, 0) is 35.3 Å². The van der Waals surface area contributed by atoms with E-state index in [1.54, 1.807) is 17.2 Å². The fourth-order valence-electron chi connectivity index (χ4n) is 6.56. The molecule has 3 amide bonds. The summed E-state index contributed by atoms with van der Waals surface area (Å²) in [6.07, 6.45) is 4.15. The van der Waals surface area contributed by atoms with Crippen molar-refractivity contribution in [1.82, 2.24) is 14.4 Å². The number of hydrogen-bond donors (Lipinski definition) is 2. The first kappa shape index (κ1) is 42.8. The minimum absolute atomic E-state index is 0.0176. The molecule has 3 N–H and O–H groups in total. The van der Waals surface area contributed by atoms with Gasteiger partial charge in [0.2, 0.25) is 5.91 Å². The summed E-state index contributed by atoms with van der Waals surface area (Å²) in [5.41, 5.74) is 7.55. The number of aromatic nitrogens is 1. The van der Waals surface area contributed by atoms with E-state index in [2.05, 4.69) is 0 Å². The third kappa shape index (κ3) is 12.0. The van der Waals surface area contributed by atoms with Crippen LogP contribution in [0.1, 0.15) is 70.2 Å². The second-order valence-electron chi connectivity index (χ2n) is 14.7. The van der Waals surface area contributed by atoms with Gasteiger partial charge in [-0.05, 0) is 54.6 Å². The zero-order valence-corrected chi connectivity index (χ0v) is 32.2. The Kier molecular flexibility index (Phi) is 15.2. The molecule has 0 saturated heterocycles. The maximum atomic E-state index is 15.1. The first-order chi connectivity index (χ1) is 26.1. The Morgan fingerprint density at radius 1 is 0.927 bits per heavy atom. The van der Waals surface area contributed by atoms with E-state index in [0.29, 0.717) is 30.8 Å². The number of carbonyl (C=O) groups excluding carboxylic acids is 5. The van der Waals surface area contributed by atoms with Gasteiger partial charge in [-0.25, -0.2) is 8.78 Å². The Bertz CT molecular complexity index is 1890. The number of hydrogen-bond acceptors (Lipinski definition) is 8. The molecule has 0 spiro atoms. The Morgan fingerprint density at radius 3 is 2.24 bits per heavy atom. The van der Waals surface area contributed by atoms with E-state index in [0.717, 1.165) is 52.6 Å². The molecule has 14 heteroatoms. The number of Topliss-reactive ketones (excluding diaryl/α,β-unsaturated/α-hetero) is 2. The van der Waals surface area contributed by atoms with Crippen LogP contribution in [0.2, 0.25) is 0 Å². The number of imide groups is 1. The Balaban J connectivity index is 1.48. The van der Waals surface area contributed by atoms with Crippen LogP contribution in [0.5, 0.6) is 0 Å². The van der Waals surface area contributed by atoms with Crippen molar-refractivity contribution >= 4 is 47.0 Å². The molecule has 1 aliphatic rings. The van der Waals surface area contributed by atoms with Crippen molar-refractivity contribution in [2.45, 2.75) is 65.5 Å². The van der Waals surface area contributed by atoms with E-state index < -0.39 is 46.8 Å². The summed E-state index contributed by atoms with van der Waals surface area (Å²) in [6, 6.07) is 14.1. The number of benzene rings is 2. The van der Waals surface area contributed by atoms with Crippen molar-refractivity contribution in [3.63, 3.8) is 0 Å². The molecule has 3 aromatic rings. The number of carbonyl (C=O) groups is 6. The van der Waals surface area contributed by atoms with Gasteiger partial charge >= 0.3 is 5.97 Å². The number of thioether (sulfide) groups is 1. The lowest BCUT2D eigenvalue weighted by molar-refractivity contribution is -0.143. The number of nitrogens with two attached hydrogens (primary N) is 1. The molecule has 0 bridgehead atoms. The van der Waals surface area contributed by atoms with Crippen LogP contribution in [0.25, 0.3) is 11.1 Å². The van der Waals surface area contributed by atoms with Crippen LogP contribution < -0.4 is 5.73 Å². The van der Waals surface area contributed by atoms with Gasteiger partial charge in [0.1, 0.15) is 17.4 Å². The van der Waals surface area contributed by atoms with E-state index in [1.807, 2.05) is 55.7 Å². The molecule has 294 valence electrons. The molecule has 11 nitrogen and oxygen atoms in total. The molecular formula is C41H48F2N4O7S. The summed E-state index contributed by atoms with van der Waals surface area (Å²) >= 11 is 1.10. The first-order valence-corrected chi connectivity index (χ1v) is 19.3. The molecule has 4 rings (SSSR count). The Morgan fingerprint density at radius 2 is 1.60 bits per heavy atom. The third-order valence-electron chi connectivity index (χ3n) is 9.21. The van der Waals surface area contributed by atoms with Crippen LogP contribution in [0.3, 0.4) is 0 Å². The van der Waals surface area contributed by atoms with Gasteiger partial charge in [0.05, 0.1) is 24.3 Å². The topological polar surface area (TPSA) is 160 Å². The predicted molar refractivity (Wildman–Crippen MR) is 206 cm³/mol. The molecule has 55 heavy (non-hydrogen) atoms. The summed E-state index contributed by atoms with van der Waals surface area (Å²) in [4.78, 5) is 77.2. The van der Waals surface area contributed by atoms with Crippen LogP contribution in [0.4, 0.5) is 8.78 Å². The highest BCUT2D eigenvalue weighted by Crippen LogP contribution is 2.41. The molecule has 0 saturated carbocycles. The van der Waals surface area contributed by atoms with Crippen LogP contribution >= 0.6 is 11.8 Å². The molecule has 0 fully saturated rings. The van der Waals surface area contributed by atoms with Gasteiger partial charge in [-0.15, -0.1) is 0 Å². The van der Waals surface area contributed by atoms with E-state index >= 15 is 4.39 Å². The van der Waals surface area contributed by atoms with Crippen molar-refractivity contribution in [2.24, 2.45) is 17.1 Å². The first-order valence-electron chi connectivity index (χ1n) is 18.2. The predicted octanol–water partition coefficient (Wildman–Crippen LogP) is 5.80. The van der Waals surface area contributed by atoms with Gasteiger partial charge in [0.25, 0.3) is 11.8 Å². The van der Waals surface area contributed by atoms with Crippen molar-refractivity contribution in [3.05, 3.63) is 95.8 Å². The minimum atomic E-state index is -1.19. The van der Waals surface area contributed by atoms with Gasteiger partial charge in [-0.1, -0.05) is 51.1 Å². The standard InChI is InChI=1S/C41H48F2N4O7S/c1-41(2,3)39(35-20-28(33-21-30(42)13-14-34(33)43)23-45(35)22-27-9-5-4-6-10-27)46(18-8-17-44)38(52)26-55-25-29(40(53)54)19-31(48)11-7-12-32(49)24-47-36(50)15-16-37(47)51/h4-6,9-10,13-16,20-21,23,29,39H,7-8,11-12,17-19,22,24-26,44H2,1-3H3,(H,53,54)/t29-,39-/m0/s1. The van der Waals surface area contributed by atoms with Gasteiger partial charge in [-0.3, -0.25) is 33.7 Å². The molecular weight excluding hydrogens is 731 g/mol. The highest BCUT2D eigenvalue weighted by molar-refractivity contribution is 7.99. The smallest absolute Gasteiger partial charge is 0.307 e. The summed E-state index contributed by atoms with van der Waals surface area (Å²) in [7, 11) is 0. The molecule has 0 radical (unpaired) electrons. The van der Waals surface area contributed by atoms with Crippen molar-refractivity contribution in [1.29, 1.82) is 0 Å². The van der Waals surface area contributed by atoms with Gasteiger partial charge in [0, 0.05) is 73.3 Å². The molecule has 0 aliphatic carbocycles. The third-order valence-corrected chi connectivity index (χ3v) is 10.3. The van der Waals surface area contributed by atoms with Crippen molar-refractivity contribution in [2.75, 3.05) is 31.1 Å². The normalized spacial score (nSPS) is 14.0. The average molecular weight is 779 g/mol.